The summed E-state index contributed by atoms with van der Waals surface area (Å²) < 4.78 is 32.5. The van der Waals surface area contributed by atoms with E-state index in [1.165, 1.54) is 28.8 Å². The van der Waals surface area contributed by atoms with Crippen LogP contribution in [0.2, 0.25) is 0 Å². The second-order valence-corrected chi connectivity index (χ2v) is 6.84. The molecule has 0 spiro atoms. The normalized spacial score (nSPS) is 16.3. The third-order valence-corrected chi connectivity index (χ3v) is 5.08. The largest absolute Gasteiger partial charge is 0.494 e. The summed E-state index contributed by atoms with van der Waals surface area (Å²) in [6.45, 7) is 2.39. The van der Waals surface area contributed by atoms with Gasteiger partial charge in [-0.2, -0.15) is 0 Å². The number of benzene rings is 2. The van der Waals surface area contributed by atoms with Gasteiger partial charge in [0.2, 0.25) is 5.91 Å². The molecule has 1 heterocycles. The van der Waals surface area contributed by atoms with E-state index >= 15 is 0 Å². The van der Waals surface area contributed by atoms with Crippen LogP contribution in [0.4, 0.5) is 14.5 Å². The topological polar surface area (TPSA) is 58.6 Å². The molecular weight excluding hydrogens is 374 g/mol. The molecule has 0 saturated carbocycles. The molecule has 0 aromatic heterocycles. The average molecular weight is 392 g/mol. The molecule has 1 saturated heterocycles. The molecule has 1 N–H and O–H groups in total. The van der Waals surface area contributed by atoms with Crippen LogP contribution in [0.1, 0.15) is 17.3 Å². The Morgan fingerprint density at radius 2 is 1.96 bits per heavy atom. The molecule has 8 heteroatoms. The number of carbonyl (C=O) groups is 2. The van der Waals surface area contributed by atoms with Crippen molar-refractivity contribution in [3.63, 3.8) is 0 Å². The summed E-state index contributed by atoms with van der Waals surface area (Å²) in [6.07, 6.45) is 0. The van der Waals surface area contributed by atoms with E-state index < -0.39 is 23.6 Å². The van der Waals surface area contributed by atoms with E-state index in [1.807, 2.05) is 6.92 Å². The Hall–Kier alpha value is -2.61. The SMILES string of the molecule is CCOc1ccc(C(=O)N2CSC[C@@H]2C(=O)Nc2cccc(F)c2F)cc1. The summed E-state index contributed by atoms with van der Waals surface area (Å²) in [5.41, 5.74) is 0.182. The highest BCUT2D eigenvalue weighted by Crippen LogP contribution is 2.26. The van der Waals surface area contributed by atoms with Crippen molar-refractivity contribution in [1.29, 1.82) is 0 Å². The van der Waals surface area contributed by atoms with Gasteiger partial charge in [0.1, 0.15) is 11.8 Å². The molecule has 2 aromatic carbocycles. The minimum Gasteiger partial charge on any atom is -0.494 e. The number of nitrogens with zero attached hydrogens (tertiary/aromatic N) is 1. The molecular formula is C19H18F2N2O3S. The van der Waals surface area contributed by atoms with Gasteiger partial charge in [-0.3, -0.25) is 9.59 Å². The van der Waals surface area contributed by atoms with E-state index in [0.29, 0.717) is 29.5 Å². The number of anilines is 1. The van der Waals surface area contributed by atoms with Crippen LogP contribution in [0, 0.1) is 11.6 Å². The molecule has 0 aliphatic carbocycles. The molecule has 0 unspecified atom stereocenters. The maximum Gasteiger partial charge on any atom is 0.255 e. The van der Waals surface area contributed by atoms with Crippen molar-refractivity contribution in [2.45, 2.75) is 13.0 Å². The lowest BCUT2D eigenvalue weighted by atomic mass is 10.1. The lowest BCUT2D eigenvalue weighted by Crippen LogP contribution is -2.44. The Labute approximate surface area is 159 Å². The predicted octanol–water partition coefficient (Wildman–Crippen LogP) is 3.52. The van der Waals surface area contributed by atoms with Gasteiger partial charge >= 0.3 is 0 Å². The van der Waals surface area contributed by atoms with Crippen LogP contribution in [0.25, 0.3) is 0 Å². The number of hydrogen-bond donors (Lipinski definition) is 1. The zero-order valence-corrected chi connectivity index (χ0v) is 15.4. The third kappa shape index (κ3) is 4.21. The van der Waals surface area contributed by atoms with E-state index in [2.05, 4.69) is 5.32 Å². The van der Waals surface area contributed by atoms with E-state index in [-0.39, 0.29) is 11.6 Å². The van der Waals surface area contributed by atoms with Crippen LogP contribution in [0.5, 0.6) is 5.75 Å². The van der Waals surface area contributed by atoms with Gasteiger partial charge in [-0.15, -0.1) is 11.8 Å². The number of carbonyl (C=O) groups excluding carboxylic acids is 2. The van der Waals surface area contributed by atoms with E-state index in [4.69, 9.17) is 4.74 Å². The van der Waals surface area contributed by atoms with Crippen LogP contribution in [-0.2, 0) is 4.79 Å². The number of rotatable bonds is 5. The van der Waals surface area contributed by atoms with E-state index in [1.54, 1.807) is 24.3 Å². The highest BCUT2D eigenvalue weighted by atomic mass is 32.2. The molecule has 142 valence electrons. The average Bonchev–Trinajstić information content (AvgIpc) is 3.16. The molecule has 2 aromatic rings. The minimum absolute atomic E-state index is 0.245. The molecule has 2 amide bonds. The Bertz CT molecular complexity index is 845. The van der Waals surface area contributed by atoms with Crippen LogP contribution >= 0.6 is 11.8 Å². The summed E-state index contributed by atoms with van der Waals surface area (Å²) in [5.74, 6) is -1.65. The van der Waals surface area contributed by atoms with Gasteiger partial charge in [0, 0.05) is 11.3 Å². The molecule has 1 aliphatic heterocycles. The Balaban J connectivity index is 1.73. The Morgan fingerprint density at radius 1 is 1.22 bits per heavy atom. The van der Waals surface area contributed by atoms with Gasteiger partial charge in [0.25, 0.3) is 5.91 Å². The van der Waals surface area contributed by atoms with E-state index in [0.717, 1.165) is 6.07 Å². The van der Waals surface area contributed by atoms with Crippen molar-refractivity contribution >= 4 is 29.3 Å². The van der Waals surface area contributed by atoms with Gasteiger partial charge in [0.05, 0.1) is 18.2 Å². The number of thioether (sulfide) groups is 1. The van der Waals surface area contributed by atoms with Crippen molar-refractivity contribution in [3.05, 3.63) is 59.7 Å². The summed E-state index contributed by atoms with van der Waals surface area (Å²) in [5, 5.41) is 2.37. The molecule has 1 atom stereocenters. The fourth-order valence-electron chi connectivity index (χ4n) is 2.70. The fourth-order valence-corrected chi connectivity index (χ4v) is 3.86. The van der Waals surface area contributed by atoms with Crippen molar-refractivity contribution in [2.75, 3.05) is 23.6 Å². The summed E-state index contributed by atoms with van der Waals surface area (Å²) in [4.78, 5) is 26.7. The van der Waals surface area contributed by atoms with Gasteiger partial charge < -0.3 is 15.0 Å². The molecule has 5 nitrogen and oxygen atoms in total. The second-order valence-electron chi connectivity index (χ2n) is 5.84. The number of hydrogen-bond acceptors (Lipinski definition) is 4. The Morgan fingerprint density at radius 3 is 2.67 bits per heavy atom. The van der Waals surface area contributed by atoms with Gasteiger partial charge in [-0.25, -0.2) is 8.78 Å². The monoisotopic (exact) mass is 392 g/mol. The van der Waals surface area contributed by atoms with Gasteiger partial charge in [-0.05, 0) is 43.3 Å². The summed E-state index contributed by atoms with van der Waals surface area (Å²) >= 11 is 1.42. The number of amides is 2. The minimum atomic E-state index is -1.12. The first-order chi connectivity index (χ1) is 13.0. The quantitative estimate of drug-likeness (QED) is 0.846. The first kappa shape index (κ1) is 19.2. The fraction of sp³-hybridized carbons (Fsp3) is 0.263. The molecule has 0 bridgehead atoms. The second kappa shape index (κ2) is 8.39. The van der Waals surface area contributed by atoms with E-state index in [9.17, 15) is 18.4 Å². The number of nitrogens with one attached hydrogen (secondary N) is 1. The van der Waals surface area contributed by atoms with Crippen molar-refractivity contribution in [1.82, 2.24) is 4.90 Å². The molecule has 1 fully saturated rings. The van der Waals surface area contributed by atoms with Crippen molar-refractivity contribution < 1.29 is 23.1 Å². The zero-order valence-electron chi connectivity index (χ0n) is 14.6. The van der Waals surface area contributed by atoms with Gasteiger partial charge in [-0.1, -0.05) is 6.07 Å². The smallest absolute Gasteiger partial charge is 0.255 e. The third-order valence-electron chi connectivity index (χ3n) is 4.07. The van der Waals surface area contributed by atoms with Crippen LogP contribution in [0.3, 0.4) is 0 Å². The van der Waals surface area contributed by atoms with Crippen LogP contribution < -0.4 is 10.1 Å². The highest BCUT2D eigenvalue weighted by Gasteiger charge is 2.35. The Kier molecular flexibility index (Phi) is 5.95. The maximum atomic E-state index is 13.8. The lowest BCUT2D eigenvalue weighted by molar-refractivity contribution is -0.119. The zero-order chi connectivity index (χ0) is 19.4. The van der Waals surface area contributed by atoms with Crippen LogP contribution in [-0.4, -0.2) is 41.0 Å². The molecule has 27 heavy (non-hydrogen) atoms. The van der Waals surface area contributed by atoms with Crippen molar-refractivity contribution in [3.8, 4) is 5.75 Å². The highest BCUT2D eigenvalue weighted by molar-refractivity contribution is 7.99. The first-order valence-corrected chi connectivity index (χ1v) is 9.53. The standard InChI is InChI=1S/C19H18F2N2O3S/c1-2-26-13-8-6-12(7-9-13)19(25)23-11-27-10-16(23)18(24)22-15-5-3-4-14(20)17(15)21/h3-9,16H,2,10-11H2,1H3,(H,22,24)/t16-/m1/s1. The van der Waals surface area contributed by atoms with Crippen molar-refractivity contribution in [2.24, 2.45) is 0 Å². The summed E-state index contributed by atoms with van der Waals surface area (Å²) in [6, 6.07) is 9.44. The first-order valence-electron chi connectivity index (χ1n) is 8.37. The predicted molar refractivity (Wildman–Crippen MR) is 99.9 cm³/mol. The number of halogens is 2. The molecule has 1 aliphatic rings. The lowest BCUT2D eigenvalue weighted by Gasteiger charge is -2.23. The number of ether oxygens (including phenoxy) is 1. The molecule has 3 rings (SSSR count). The van der Waals surface area contributed by atoms with Crippen LogP contribution in [0.15, 0.2) is 42.5 Å². The maximum absolute atomic E-state index is 13.8. The summed E-state index contributed by atoms with van der Waals surface area (Å²) in [7, 11) is 0. The molecule has 0 radical (unpaired) electrons. The van der Waals surface area contributed by atoms with Gasteiger partial charge in [0.15, 0.2) is 11.6 Å².